The molecule has 0 aliphatic heterocycles. The van der Waals surface area contributed by atoms with Crippen LogP contribution in [0.25, 0.3) is 10.9 Å². The largest absolute Gasteiger partial charge is 0.481 e. The number of fused-ring (bicyclic) bond motifs is 1. The molecule has 232 valence electrons. The van der Waals surface area contributed by atoms with E-state index in [1.165, 1.54) is 0 Å². The number of unbranched alkanes of at least 4 members (excludes halogenated alkanes) is 2. The number of aliphatic carboxylic acids is 2. The lowest BCUT2D eigenvalue weighted by Gasteiger charge is -2.25. The van der Waals surface area contributed by atoms with E-state index in [0.717, 1.165) is 16.5 Å². The van der Waals surface area contributed by atoms with Crippen molar-refractivity contribution in [3.05, 3.63) is 36.0 Å². The van der Waals surface area contributed by atoms with Gasteiger partial charge in [0.25, 0.3) is 0 Å². The second-order valence-corrected chi connectivity index (χ2v) is 10.2. The van der Waals surface area contributed by atoms with Gasteiger partial charge in [0, 0.05) is 29.9 Å². The number of benzene rings is 1. The third-order valence-corrected chi connectivity index (χ3v) is 6.88. The zero-order valence-corrected chi connectivity index (χ0v) is 23.6. The van der Waals surface area contributed by atoms with E-state index in [2.05, 4.69) is 20.9 Å². The molecule has 0 aliphatic rings. The van der Waals surface area contributed by atoms with E-state index < -0.39 is 53.8 Å². The van der Waals surface area contributed by atoms with Crippen molar-refractivity contribution in [1.82, 2.24) is 20.9 Å². The zero-order chi connectivity index (χ0) is 31.1. The van der Waals surface area contributed by atoms with Crippen LogP contribution in [0.2, 0.25) is 0 Å². The van der Waals surface area contributed by atoms with E-state index in [-0.39, 0.29) is 32.1 Å². The van der Waals surface area contributed by atoms with Crippen molar-refractivity contribution in [2.24, 2.45) is 17.2 Å². The molecule has 1 aromatic carbocycles. The Balaban J connectivity index is 2.28. The summed E-state index contributed by atoms with van der Waals surface area (Å²) in [6.07, 6.45) is 3.82. The summed E-state index contributed by atoms with van der Waals surface area (Å²) >= 11 is 0. The SMILES string of the molecule is NCCCCC(NC(=O)C(Cc1c[nH]c2ccccc12)NC(=O)C(CCCCN)NC(=O)C(N)CCC(=O)O)C(=O)O. The van der Waals surface area contributed by atoms with Gasteiger partial charge in [0.1, 0.15) is 18.1 Å². The molecule has 0 aliphatic carbocycles. The van der Waals surface area contributed by atoms with Crippen molar-refractivity contribution in [3.63, 3.8) is 0 Å². The molecule has 3 amide bonds. The number of nitrogens with two attached hydrogens (primary N) is 3. The Morgan fingerprint density at radius 1 is 0.762 bits per heavy atom. The number of aromatic amines is 1. The molecule has 14 heteroatoms. The van der Waals surface area contributed by atoms with Crippen molar-refractivity contribution in [2.75, 3.05) is 13.1 Å². The highest BCUT2D eigenvalue weighted by atomic mass is 16.4. The average Bonchev–Trinajstić information content (AvgIpc) is 3.36. The molecule has 0 saturated carbocycles. The first-order chi connectivity index (χ1) is 20.1. The van der Waals surface area contributed by atoms with E-state index in [4.69, 9.17) is 22.3 Å². The lowest BCUT2D eigenvalue weighted by atomic mass is 10.0. The summed E-state index contributed by atoms with van der Waals surface area (Å²) < 4.78 is 0. The molecule has 0 bridgehead atoms. The van der Waals surface area contributed by atoms with Gasteiger partial charge >= 0.3 is 11.9 Å². The molecule has 0 saturated heterocycles. The molecule has 0 radical (unpaired) electrons. The van der Waals surface area contributed by atoms with Crippen molar-refractivity contribution in [3.8, 4) is 0 Å². The first kappa shape index (κ1) is 34.2. The highest BCUT2D eigenvalue weighted by Crippen LogP contribution is 2.19. The van der Waals surface area contributed by atoms with E-state index in [0.29, 0.717) is 38.8 Å². The number of H-pyrrole nitrogens is 1. The molecule has 14 nitrogen and oxygen atoms in total. The summed E-state index contributed by atoms with van der Waals surface area (Å²) in [6, 6.07) is 2.81. The summed E-state index contributed by atoms with van der Waals surface area (Å²) in [7, 11) is 0. The van der Waals surface area contributed by atoms with Gasteiger partial charge in [-0.2, -0.15) is 0 Å². The Labute approximate surface area is 244 Å². The molecule has 12 N–H and O–H groups in total. The molecule has 4 atom stereocenters. The first-order valence-corrected chi connectivity index (χ1v) is 14.1. The van der Waals surface area contributed by atoms with Crippen LogP contribution in [-0.4, -0.2) is 82.1 Å². The highest BCUT2D eigenvalue weighted by molar-refractivity contribution is 5.95. The second-order valence-electron chi connectivity index (χ2n) is 10.2. The number of carbonyl (C=O) groups excluding carboxylic acids is 3. The van der Waals surface area contributed by atoms with Crippen LogP contribution in [0.3, 0.4) is 0 Å². The predicted molar refractivity (Wildman–Crippen MR) is 156 cm³/mol. The first-order valence-electron chi connectivity index (χ1n) is 14.1. The van der Waals surface area contributed by atoms with Gasteiger partial charge in [-0.3, -0.25) is 19.2 Å². The third-order valence-electron chi connectivity index (χ3n) is 6.88. The molecule has 4 unspecified atom stereocenters. The topological polar surface area (TPSA) is 256 Å². The summed E-state index contributed by atoms with van der Waals surface area (Å²) in [4.78, 5) is 65.5. The number of amides is 3. The Hall–Kier alpha value is -4.01. The fourth-order valence-corrected chi connectivity index (χ4v) is 4.47. The Morgan fingerprint density at radius 3 is 1.95 bits per heavy atom. The maximum Gasteiger partial charge on any atom is 0.326 e. The normalized spacial score (nSPS) is 14.0. The van der Waals surface area contributed by atoms with Gasteiger partial charge < -0.3 is 48.3 Å². The Morgan fingerprint density at radius 2 is 1.33 bits per heavy atom. The van der Waals surface area contributed by atoms with E-state index in [9.17, 15) is 29.1 Å². The van der Waals surface area contributed by atoms with E-state index >= 15 is 0 Å². The minimum Gasteiger partial charge on any atom is -0.481 e. The Bertz CT molecular complexity index is 1200. The summed E-state index contributed by atoms with van der Waals surface area (Å²) in [5, 5.41) is 27.2. The predicted octanol–water partition coefficient (Wildman–Crippen LogP) is -0.300. The van der Waals surface area contributed by atoms with Crippen LogP contribution < -0.4 is 33.2 Å². The van der Waals surface area contributed by atoms with Gasteiger partial charge in [-0.15, -0.1) is 0 Å². The average molecular weight is 590 g/mol. The van der Waals surface area contributed by atoms with E-state index in [1.54, 1.807) is 6.20 Å². The summed E-state index contributed by atoms with van der Waals surface area (Å²) in [5.41, 5.74) is 18.5. The third kappa shape index (κ3) is 11.1. The van der Waals surface area contributed by atoms with Gasteiger partial charge in [-0.1, -0.05) is 18.2 Å². The minimum atomic E-state index is -1.21. The number of para-hydroxylation sites is 1. The molecule has 2 rings (SSSR count). The van der Waals surface area contributed by atoms with Crippen LogP contribution in [-0.2, 0) is 30.4 Å². The zero-order valence-electron chi connectivity index (χ0n) is 23.6. The fraction of sp³-hybridized carbons (Fsp3) is 0.536. The summed E-state index contributed by atoms with van der Waals surface area (Å²) in [5.74, 6) is -4.38. The van der Waals surface area contributed by atoms with Crippen LogP contribution in [0, 0.1) is 0 Å². The van der Waals surface area contributed by atoms with Gasteiger partial charge in [0.15, 0.2) is 0 Å². The number of carboxylic acid groups (broad SMARTS) is 2. The van der Waals surface area contributed by atoms with Gasteiger partial charge in [0.2, 0.25) is 17.7 Å². The molecule has 42 heavy (non-hydrogen) atoms. The van der Waals surface area contributed by atoms with Crippen molar-refractivity contribution in [2.45, 2.75) is 82.0 Å². The standard InChI is InChI=1S/C28H43N7O7/c29-13-5-3-9-21(33-25(38)19(31)11-12-24(36)37)26(39)35-23(15-17-16-32-20-8-2-1-7-18(17)20)27(40)34-22(28(41)42)10-4-6-14-30/h1-2,7-8,16,19,21-23,32H,3-6,9-15,29-31H2,(H,33,38)(H,34,40)(H,35,39)(H,36,37)(H,41,42). The quantitative estimate of drug-likeness (QED) is 0.0911. The van der Waals surface area contributed by atoms with E-state index in [1.807, 2.05) is 24.3 Å². The number of rotatable bonds is 20. The van der Waals surface area contributed by atoms with Gasteiger partial charge in [0.05, 0.1) is 6.04 Å². The number of carbonyl (C=O) groups is 5. The number of nitrogens with one attached hydrogen (secondary N) is 4. The molecule has 2 aromatic rings. The van der Waals surface area contributed by atoms with Crippen LogP contribution in [0.15, 0.2) is 30.5 Å². The number of hydrogen-bond donors (Lipinski definition) is 9. The van der Waals surface area contributed by atoms with Crippen LogP contribution in [0.4, 0.5) is 0 Å². The maximum absolute atomic E-state index is 13.5. The fourth-order valence-electron chi connectivity index (χ4n) is 4.47. The van der Waals surface area contributed by atoms with Crippen molar-refractivity contribution >= 4 is 40.6 Å². The number of carboxylic acids is 2. The van der Waals surface area contributed by atoms with Crippen LogP contribution in [0.5, 0.6) is 0 Å². The smallest absolute Gasteiger partial charge is 0.326 e. The van der Waals surface area contributed by atoms with Crippen molar-refractivity contribution < 1.29 is 34.2 Å². The lowest BCUT2D eigenvalue weighted by molar-refractivity contribution is -0.142. The van der Waals surface area contributed by atoms with Crippen LogP contribution in [0.1, 0.15) is 56.9 Å². The molecule has 1 aromatic heterocycles. The monoisotopic (exact) mass is 589 g/mol. The number of aromatic nitrogens is 1. The molecule has 1 heterocycles. The molecule has 0 spiro atoms. The summed E-state index contributed by atoms with van der Waals surface area (Å²) in [6.45, 7) is 0.753. The van der Waals surface area contributed by atoms with Crippen LogP contribution >= 0.6 is 0 Å². The van der Waals surface area contributed by atoms with Crippen molar-refractivity contribution in [1.29, 1.82) is 0 Å². The molecular formula is C28H43N7O7. The lowest BCUT2D eigenvalue weighted by Crippen LogP contribution is -2.57. The minimum absolute atomic E-state index is 0.0400. The molecular weight excluding hydrogens is 546 g/mol. The van der Waals surface area contributed by atoms with Gasteiger partial charge in [-0.05, 0) is 69.7 Å². The van der Waals surface area contributed by atoms with Gasteiger partial charge in [-0.25, -0.2) is 4.79 Å². The Kier molecular flexibility index (Phi) is 14.4. The maximum atomic E-state index is 13.5. The molecule has 0 fully saturated rings. The highest BCUT2D eigenvalue weighted by Gasteiger charge is 2.31. The number of hydrogen-bond acceptors (Lipinski definition) is 8. The second kappa shape index (κ2) is 17.7.